The minimum Gasteiger partial charge on any atom is -0.497 e. The van der Waals surface area contributed by atoms with Crippen LogP contribution in [0, 0.1) is 22.7 Å². The molecule has 118 valence electrons. The molecule has 0 amide bonds. The van der Waals surface area contributed by atoms with Crippen LogP contribution in [0.5, 0.6) is 5.75 Å². The number of nitrogens with zero attached hydrogens (tertiary/aromatic N) is 1. The molecule has 1 aliphatic rings. The molecule has 4 nitrogen and oxygen atoms in total. The van der Waals surface area contributed by atoms with Gasteiger partial charge in [-0.05, 0) is 55.9 Å². The lowest BCUT2D eigenvalue weighted by Crippen LogP contribution is -2.31. The van der Waals surface area contributed by atoms with Crippen molar-refractivity contribution in [2.24, 2.45) is 11.3 Å². The summed E-state index contributed by atoms with van der Waals surface area (Å²) in [5, 5.41) is 9.36. The summed E-state index contributed by atoms with van der Waals surface area (Å²) in [5.41, 5.74) is 0.379. The first-order valence-corrected chi connectivity index (χ1v) is 7.70. The van der Waals surface area contributed by atoms with E-state index in [4.69, 9.17) is 9.47 Å². The number of hydrogen-bond donors (Lipinski definition) is 0. The van der Waals surface area contributed by atoms with E-state index in [1.165, 1.54) is 0 Å². The maximum Gasteiger partial charge on any atom is 0.163 e. The van der Waals surface area contributed by atoms with Crippen LogP contribution < -0.4 is 4.74 Å². The highest BCUT2D eigenvalue weighted by atomic mass is 16.5. The minimum atomic E-state index is -0.353. The maximum atomic E-state index is 12.3. The summed E-state index contributed by atoms with van der Waals surface area (Å²) in [6.07, 6.45) is 4.02. The van der Waals surface area contributed by atoms with Crippen molar-refractivity contribution in [3.63, 3.8) is 0 Å². The lowest BCUT2D eigenvalue weighted by atomic mass is 9.70. The molecule has 1 aliphatic carbocycles. The highest BCUT2D eigenvalue weighted by Crippen LogP contribution is 2.40. The Balaban J connectivity index is 1.90. The van der Waals surface area contributed by atoms with E-state index >= 15 is 0 Å². The first-order chi connectivity index (χ1) is 10.6. The van der Waals surface area contributed by atoms with E-state index in [0.29, 0.717) is 18.9 Å². The van der Waals surface area contributed by atoms with Gasteiger partial charge in [-0.1, -0.05) is 0 Å². The molecule has 0 unspecified atom stereocenters. The lowest BCUT2D eigenvalue weighted by molar-refractivity contribution is 0.0703. The minimum absolute atomic E-state index is 0.170. The fourth-order valence-electron chi connectivity index (χ4n) is 3.16. The van der Waals surface area contributed by atoms with Crippen LogP contribution in [0.2, 0.25) is 0 Å². The Labute approximate surface area is 132 Å². The van der Waals surface area contributed by atoms with Crippen LogP contribution in [0.4, 0.5) is 0 Å². The smallest absolute Gasteiger partial charge is 0.163 e. The molecule has 1 fully saturated rings. The van der Waals surface area contributed by atoms with Crippen molar-refractivity contribution >= 4 is 5.78 Å². The molecule has 22 heavy (non-hydrogen) atoms. The largest absolute Gasteiger partial charge is 0.497 e. The molecule has 0 spiro atoms. The van der Waals surface area contributed by atoms with E-state index in [2.05, 4.69) is 6.07 Å². The van der Waals surface area contributed by atoms with Crippen molar-refractivity contribution in [3.05, 3.63) is 29.8 Å². The van der Waals surface area contributed by atoms with Gasteiger partial charge in [0.2, 0.25) is 0 Å². The van der Waals surface area contributed by atoms with Gasteiger partial charge in [0, 0.05) is 19.1 Å². The number of nitriles is 1. The molecular weight excluding hydrogens is 278 g/mol. The summed E-state index contributed by atoms with van der Waals surface area (Å²) in [7, 11) is 3.25. The molecule has 0 aliphatic heterocycles. The van der Waals surface area contributed by atoms with E-state index in [1.54, 1.807) is 14.2 Å². The lowest BCUT2D eigenvalue weighted by Gasteiger charge is -2.34. The SMILES string of the molecule is COC[C@]1(C#N)CC[C@H](CC(=O)c2ccc(OC)cc2)CC1. The highest BCUT2D eigenvalue weighted by molar-refractivity contribution is 5.96. The first kappa shape index (κ1) is 16.5. The maximum absolute atomic E-state index is 12.3. The number of carbonyl (C=O) groups excluding carboxylic acids is 1. The number of benzene rings is 1. The zero-order valence-electron chi connectivity index (χ0n) is 13.3. The third-order valence-corrected chi connectivity index (χ3v) is 4.61. The standard InChI is InChI=1S/C18H23NO3/c1-21-13-18(12-19)9-7-14(8-10-18)11-17(20)15-3-5-16(22-2)6-4-15/h3-6,14H,7-11,13H2,1-2H3/t14-,18+. The number of carbonyl (C=O) groups is 1. The van der Waals surface area contributed by atoms with Crippen molar-refractivity contribution in [3.8, 4) is 11.8 Å². The molecule has 0 saturated heterocycles. The average Bonchev–Trinajstić information content (AvgIpc) is 2.57. The van der Waals surface area contributed by atoms with Crippen LogP contribution in [0.25, 0.3) is 0 Å². The fraction of sp³-hybridized carbons (Fsp3) is 0.556. The average molecular weight is 301 g/mol. The van der Waals surface area contributed by atoms with Crippen LogP contribution >= 0.6 is 0 Å². The van der Waals surface area contributed by atoms with Crippen LogP contribution in [0.3, 0.4) is 0 Å². The van der Waals surface area contributed by atoms with Gasteiger partial charge in [0.25, 0.3) is 0 Å². The van der Waals surface area contributed by atoms with Crippen molar-refractivity contribution in [2.45, 2.75) is 32.1 Å². The third-order valence-electron chi connectivity index (χ3n) is 4.61. The van der Waals surface area contributed by atoms with E-state index in [0.717, 1.165) is 37.0 Å². The number of Topliss-reactive ketones (excluding diaryl/α,β-unsaturated/α-hetero) is 1. The van der Waals surface area contributed by atoms with Crippen molar-refractivity contribution < 1.29 is 14.3 Å². The molecule has 0 bridgehead atoms. The Hall–Kier alpha value is -1.86. The van der Waals surface area contributed by atoms with Crippen LogP contribution in [-0.4, -0.2) is 26.6 Å². The Morgan fingerprint density at radius 3 is 2.41 bits per heavy atom. The molecule has 1 aromatic rings. The second-order valence-corrected chi connectivity index (χ2v) is 6.12. The van der Waals surface area contributed by atoms with Gasteiger partial charge < -0.3 is 9.47 Å². The highest BCUT2D eigenvalue weighted by Gasteiger charge is 2.36. The zero-order valence-corrected chi connectivity index (χ0v) is 13.3. The normalized spacial score (nSPS) is 24.5. The first-order valence-electron chi connectivity index (χ1n) is 7.70. The summed E-state index contributed by atoms with van der Waals surface area (Å²) < 4.78 is 10.3. The van der Waals surface area contributed by atoms with Gasteiger partial charge in [-0.3, -0.25) is 4.79 Å². The topological polar surface area (TPSA) is 59.3 Å². The molecule has 1 aromatic carbocycles. The molecule has 2 rings (SSSR count). The van der Waals surface area contributed by atoms with Crippen LogP contribution in [-0.2, 0) is 4.74 Å². The second kappa shape index (κ2) is 7.42. The van der Waals surface area contributed by atoms with Gasteiger partial charge in [0.05, 0.1) is 25.2 Å². The molecule has 0 aromatic heterocycles. The number of ether oxygens (including phenoxy) is 2. The van der Waals surface area contributed by atoms with E-state index in [9.17, 15) is 10.1 Å². The summed E-state index contributed by atoms with van der Waals surface area (Å²) in [6.45, 7) is 0.489. The Morgan fingerprint density at radius 1 is 1.27 bits per heavy atom. The fourth-order valence-corrected chi connectivity index (χ4v) is 3.16. The van der Waals surface area contributed by atoms with Crippen LogP contribution in [0.1, 0.15) is 42.5 Å². The van der Waals surface area contributed by atoms with Gasteiger partial charge >= 0.3 is 0 Å². The van der Waals surface area contributed by atoms with E-state index in [1.807, 2.05) is 24.3 Å². The monoisotopic (exact) mass is 301 g/mol. The van der Waals surface area contributed by atoms with E-state index in [-0.39, 0.29) is 11.2 Å². The van der Waals surface area contributed by atoms with E-state index < -0.39 is 0 Å². The van der Waals surface area contributed by atoms with Gasteiger partial charge in [0.15, 0.2) is 5.78 Å². The van der Waals surface area contributed by atoms with Gasteiger partial charge in [-0.2, -0.15) is 5.26 Å². The molecule has 0 heterocycles. The predicted molar refractivity (Wildman–Crippen MR) is 83.8 cm³/mol. The summed E-state index contributed by atoms with van der Waals surface area (Å²) in [4.78, 5) is 12.3. The zero-order chi connectivity index (χ0) is 16.0. The van der Waals surface area contributed by atoms with Gasteiger partial charge in [0.1, 0.15) is 5.75 Å². The molecule has 0 radical (unpaired) electrons. The number of rotatable bonds is 6. The summed E-state index contributed by atoms with van der Waals surface area (Å²) in [6, 6.07) is 9.67. The number of hydrogen-bond acceptors (Lipinski definition) is 4. The van der Waals surface area contributed by atoms with Crippen molar-refractivity contribution in [1.29, 1.82) is 5.26 Å². The Bertz CT molecular complexity index is 536. The molecule has 4 heteroatoms. The van der Waals surface area contributed by atoms with Crippen LogP contribution in [0.15, 0.2) is 24.3 Å². The molecule has 0 atom stereocenters. The van der Waals surface area contributed by atoms with Crippen molar-refractivity contribution in [1.82, 2.24) is 0 Å². The Morgan fingerprint density at radius 2 is 1.91 bits per heavy atom. The quantitative estimate of drug-likeness (QED) is 0.753. The third kappa shape index (κ3) is 3.86. The molecule has 1 saturated carbocycles. The summed E-state index contributed by atoms with van der Waals surface area (Å²) in [5.74, 6) is 1.30. The predicted octanol–water partition coefficient (Wildman–Crippen LogP) is 3.61. The molecule has 0 N–H and O–H groups in total. The Kier molecular flexibility index (Phi) is 5.57. The number of ketones is 1. The van der Waals surface area contributed by atoms with Crippen molar-refractivity contribution in [2.75, 3.05) is 20.8 Å². The summed E-state index contributed by atoms with van der Waals surface area (Å²) >= 11 is 0. The van der Waals surface area contributed by atoms with Gasteiger partial charge in [-0.25, -0.2) is 0 Å². The van der Waals surface area contributed by atoms with Gasteiger partial charge in [-0.15, -0.1) is 0 Å². The second-order valence-electron chi connectivity index (χ2n) is 6.12. The number of methoxy groups -OCH3 is 2. The molecular formula is C18H23NO3.